The molecule has 0 amide bonds. The molecule has 2 rings (SSSR count). The highest BCUT2D eigenvalue weighted by Gasteiger charge is 2.12. The van der Waals surface area contributed by atoms with Gasteiger partial charge in [-0.3, -0.25) is 4.79 Å². The van der Waals surface area contributed by atoms with Crippen LogP contribution in [0.3, 0.4) is 0 Å². The van der Waals surface area contributed by atoms with Crippen molar-refractivity contribution in [1.82, 2.24) is 9.78 Å². The molecule has 0 fully saturated rings. The largest absolute Gasteiger partial charge is 0.477 e. The van der Waals surface area contributed by atoms with Crippen LogP contribution in [0.25, 0.3) is 0 Å². The second-order valence-electron chi connectivity index (χ2n) is 3.87. The molecule has 0 aliphatic heterocycles. The van der Waals surface area contributed by atoms with E-state index in [1.54, 1.807) is 0 Å². The molecule has 0 aliphatic rings. The monoisotopic (exact) mass is 232 g/mol. The van der Waals surface area contributed by atoms with Crippen molar-refractivity contribution in [3.8, 4) is 0 Å². The van der Waals surface area contributed by atoms with Gasteiger partial charge in [0, 0.05) is 6.20 Å². The number of aromatic nitrogens is 2. The molecule has 0 atom stereocenters. The number of hydrogen-bond donors (Lipinski definition) is 2. The highest BCUT2D eigenvalue weighted by atomic mass is 16.4. The summed E-state index contributed by atoms with van der Waals surface area (Å²) in [5.41, 5.74) is 1.29. The van der Waals surface area contributed by atoms with Gasteiger partial charge in [0.1, 0.15) is 5.56 Å². The summed E-state index contributed by atoms with van der Waals surface area (Å²) < 4.78 is 1.28. The summed E-state index contributed by atoms with van der Waals surface area (Å²) in [4.78, 5) is 22.4. The number of carboxylic acids is 1. The molecule has 88 valence electrons. The fourth-order valence-electron chi connectivity index (χ4n) is 1.67. The molecule has 0 saturated carbocycles. The Labute approximate surface area is 97.3 Å². The maximum Gasteiger partial charge on any atom is 0.342 e. The van der Waals surface area contributed by atoms with Crippen molar-refractivity contribution in [2.75, 3.05) is 0 Å². The van der Waals surface area contributed by atoms with Crippen molar-refractivity contribution in [2.45, 2.75) is 13.5 Å². The zero-order valence-electron chi connectivity index (χ0n) is 9.30. The number of aryl methyl sites for hydroxylation is 1. The minimum atomic E-state index is -1.21. The molecule has 0 unspecified atom stereocenters. The summed E-state index contributed by atoms with van der Waals surface area (Å²) in [5, 5.41) is 11.4. The van der Waals surface area contributed by atoms with Gasteiger partial charge in [-0.15, -0.1) is 0 Å². The average Bonchev–Trinajstić information content (AvgIpc) is 2.61. The van der Waals surface area contributed by atoms with E-state index in [1.165, 1.54) is 10.9 Å². The Balaban J connectivity index is 2.31. The standard InChI is InChI=1S/C12H12N2O3/c1-8-3-2-4-9(5-8)7-14-11(15)10(6-13-14)12(16)17/h2-6,13H,7H2,1H3,(H,16,17). The van der Waals surface area contributed by atoms with Crippen molar-refractivity contribution in [1.29, 1.82) is 0 Å². The van der Waals surface area contributed by atoms with Gasteiger partial charge < -0.3 is 10.2 Å². The second kappa shape index (κ2) is 4.29. The molecule has 0 saturated heterocycles. The van der Waals surface area contributed by atoms with Crippen molar-refractivity contribution >= 4 is 5.97 Å². The summed E-state index contributed by atoms with van der Waals surface area (Å²) in [5.74, 6) is -1.21. The highest BCUT2D eigenvalue weighted by Crippen LogP contribution is 2.04. The Hall–Kier alpha value is -2.30. The van der Waals surface area contributed by atoms with Gasteiger partial charge in [0.25, 0.3) is 5.56 Å². The van der Waals surface area contributed by atoms with E-state index in [1.807, 2.05) is 31.2 Å². The van der Waals surface area contributed by atoms with E-state index in [4.69, 9.17) is 5.11 Å². The number of carboxylic acid groups (broad SMARTS) is 1. The first-order valence-corrected chi connectivity index (χ1v) is 5.15. The Morgan fingerprint density at radius 3 is 2.82 bits per heavy atom. The third kappa shape index (κ3) is 2.28. The van der Waals surface area contributed by atoms with Crippen LogP contribution < -0.4 is 5.56 Å². The van der Waals surface area contributed by atoms with Gasteiger partial charge in [-0.25, -0.2) is 9.48 Å². The predicted molar refractivity (Wildman–Crippen MR) is 62.3 cm³/mol. The lowest BCUT2D eigenvalue weighted by molar-refractivity contribution is 0.0695. The van der Waals surface area contributed by atoms with Crippen molar-refractivity contribution in [2.24, 2.45) is 0 Å². The van der Waals surface area contributed by atoms with Gasteiger partial charge in [-0.05, 0) is 12.5 Å². The third-order valence-corrected chi connectivity index (χ3v) is 2.49. The molecule has 1 aromatic heterocycles. The summed E-state index contributed by atoms with van der Waals surface area (Å²) >= 11 is 0. The first-order valence-electron chi connectivity index (χ1n) is 5.15. The number of carbonyl (C=O) groups is 1. The summed E-state index contributed by atoms with van der Waals surface area (Å²) in [6, 6.07) is 7.70. The summed E-state index contributed by atoms with van der Waals surface area (Å²) in [6.07, 6.45) is 1.21. The van der Waals surface area contributed by atoms with E-state index in [0.717, 1.165) is 11.1 Å². The van der Waals surface area contributed by atoms with Crippen LogP contribution in [0.4, 0.5) is 0 Å². The van der Waals surface area contributed by atoms with E-state index in [9.17, 15) is 9.59 Å². The highest BCUT2D eigenvalue weighted by molar-refractivity contribution is 5.86. The molecule has 2 aromatic rings. The van der Waals surface area contributed by atoms with E-state index in [2.05, 4.69) is 5.10 Å². The Bertz CT molecular complexity index is 610. The topological polar surface area (TPSA) is 75.1 Å². The molecule has 1 aromatic carbocycles. The van der Waals surface area contributed by atoms with E-state index in [-0.39, 0.29) is 5.56 Å². The third-order valence-electron chi connectivity index (χ3n) is 2.49. The average molecular weight is 232 g/mol. The minimum Gasteiger partial charge on any atom is -0.477 e. The molecule has 2 N–H and O–H groups in total. The predicted octanol–water partition coefficient (Wildman–Crippen LogP) is 1.23. The molecule has 0 radical (unpaired) electrons. The van der Waals surface area contributed by atoms with Crippen molar-refractivity contribution in [3.05, 3.63) is 57.5 Å². The Morgan fingerprint density at radius 1 is 1.47 bits per heavy atom. The molecule has 0 spiro atoms. The van der Waals surface area contributed by atoms with Crippen LogP contribution in [0.15, 0.2) is 35.3 Å². The number of aromatic amines is 1. The van der Waals surface area contributed by atoms with Gasteiger partial charge in [0.05, 0.1) is 6.54 Å². The number of rotatable bonds is 3. The fraction of sp³-hybridized carbons (Fsp3) is 0.167. The van der Waals surface area contributed by atoms with Gasteiger partial charge in [0.15, 0.2) is 0 Å². The van der Waals surface area contributed by atoms with Crippen LogP contribution in [0, 0.1) is 6.92 Å². The number of nitrogens with zero attached hydrogens (tertiary/aromatic N) is 1. The first kappa shape index (κ1) is 11.2. The van der Waals surface area contributed by atoms with Crippen LogP contribution >= 0.6 is 0 Å². The van der Waals surface area contributed by atoms with Gasteiger partial charge in [-0.2, -0.15) is 0 Å². The van der Waals surface area contributed by atoms with Crippen LogP contribution in [-0.2, 0) is 6.54 Å². The number of nitrogens with one attached hydrogen (secondary N) is 1. The van der Waals surface area contributed by atoms with Gasteiger partial charge >= 0.3 is 5.97 Å². The molecule has 0 bridgehead atoms. The van der Waals surface area contributed by atoms with Crippen molar-refractivity contribution in [3.63, 3.8) is 0 Å². The van der Waals surface area contributed by atoms with Crippen LogP contribution in [0.1, 0.15) is 21.5 Å². The first-order chi connectivity index (χ1) is 8.08. The minimum absolute atomic E-state index is 0.238. The quantitative estimate of drug-likeness (QED) is 0.835. The lowest BCUT2D eigenvalue weighted by Crippen LogP contribution is -2.21. The number of hydrogen-bond acceptors (Lipinski definition) is 2. The fourth-order valence-corrected chi connectivity index (χ4v) is 1.67. The summed E-state index contributed by atoms with van der Waals surface area (Å²) in [7, 11) is 0. The summed E-state index contributed by atoms with van der Waals surface area (Å²) in [6.45, 7) is 2.30. The van der Waals surface area contributed by atoms with Crippen LogP contribution in [0.2, 0.25) is 0 Å². The van der Waals surface area contributed by atoms with Gasteiger partial charge in [0.2, 0.25) is 0 Å². The molecule has 1 heterocycles. The lowest BCUT2D eigenvalue weighted by atomic mass is 10.1. The molecule has 17 heavy (non-hydrogen) atoms. The van der Waals surface area contributed by atoms with E-state index in [0.29, 0.717) is 6.54 Å². The Morgan fingerprint density at radius 2 is 2.24 bits per heavy atom. The molecule has 5 heteroatoms. The normalized spacial score (nSPS) is 10.4. The van der Waals surface area contributed by atoms with Crippen LogP contribution in [-0.4, -0.2) is 20.9 Å². The van der Waals surface area contributed by atoms with Crippen molar-refractivity contribution < 1.29 is 9.90 Å². The van der Waals surface area contributed by atoms with Crippen LogP contribution in [0.5, 0.6) is 0 Å². The number of H-pyrrole nitrogens is 1. The maximum absolute atomic E-state index is 11.7. The zero-order valence-corrected chi connectivity index (χ0v) is 9.30. The van der Waals surface area contributed by atoms with Gasteiger partial charge in [-0.1, -0.05) is 29.8 Å². The van der Waals surface area contributed by atoms with E-state index < -0.39 is 11.5 Å². The smallest absolute Gasteiger partial charge is 0.342 e. The Kier molecular flexibility index (Phi) is 2.82. The molecular weight excluding hydrogens is 220 g/mol. The molecular formula is C12H12N2O3. The number of benzene rings is 1. The zero-order chi connectivity index (χ0) is 12.4. The molecule has 0 aliphatic carbocycles. The molecule has 5 nitrogen and oxygen atoms in total. The SMILES string of the molecule is Cc1cccc(Cn2[nH]cc(C(=O)O)c2=O)c1. The lowest BCUT2D eigenvalue weighted by Gasteiger charge is -2.02. The van der Waals surface area contributed by atoms with E-state index >= 15 is 0 Å². The second-order valence-corrected chi connectivity index (χ2v) is 3.87. The maximum atomic E-state index is 11.7. The number of aromatic carboxylic acids is 1.